The third-order valence-electron chi connectivity index (χ3n) is 8.92. The van der Waals surface area contributed by atoms with E-state index in [1.807, 2.05) is 72.8 Å². The topological polar surface area (TPSA) is 66.5 Å². The zero-order valence-corrected chi connectivity index (χ0v) is 24.1. The van der Waals surface area contributed by atoms with Crippen molar-refractivity contribution in [3.63, 3.8) is 0 Å². The fraction of sp³-hybridized carbons (Fsp3) is 0.371. The van der Waals surface area contributed by atoms with E-state index in [2.05, 4.69) is 41.6 Å². The van der Waals surface area contributed by atoms with Crippen LogP contribution in [-0.2, 0) is 0 Å². The van der Waals surface area contributed by atoms with E-state index in [-0.39, 0.29) is 11.9 Å². The van der Waals surface area contributed by atoms with Crippen LogP contribution in [0.3, 0.4) is 0 Å². The summed E-state index contributed by atoms with van der Waals surface area (Å²) in [6.07, 6.45) is 5.76. The van der Waals surface area contributed by atoms with Gasteiger partial charge in [-0.05, 0) is 50.8 Å². The van der Waals surface area contributed by atoms with Crippen LogP contribution in [0, 0.1) is 0 Å². The molecule has 2 saturated heterocycles. The second-order valence-corrected chi connectivity index (χ2v) is 11.4. The number of fused-ring (bicyclic) bond motifs is 3. The van der Waals surface area contributed by atoms with Crippen molar-refractivity contribution in [3.05, 3.63) is 96.1 Å². The molecule has 2 bridgehead atoms. The molecule has 3 aromatic carbocycles. The Morgan fingerprint density at radius 1 is 0.951 bits per heavy atom. The molecule has 6 heteroatoms. The molecule has 6 rings (SSSR count). The number of amides is 1. The zero-order chi connectivity index (χ0) is 28.2. The molecule has 2 N–H and O–H groups in total. The van der Waals surface area contributed by atoms with Crippen LogP contribution >= 0.6 is 0 Å². The highest BCUT2D eigenvalue weighted by Gasteiger charge is 2.38. The summed E-state index contributed by atoms with van der Waals surface area (Å²) in [6.45, 7) is 3.27. The van der Waals surface area contributed by atoms with E-state index in [1.54, 1.807) is 0 Å². The minimum atomic E-state index is -0.147. The fourth-order valence-corrected chi connectivity index (χ4v) is 6.68. The lowest BCUT2D eigenvalue weighted by Gasteiger charge is -2.36. The van der Waals surface area contributed by atoms with Gasteiger partial charge in [0, 0.05) is 35.6 Å². The number of rotatable bonds is 10. The van der Waals surface area contributed by atoms with Crippen LogP contribution in [0.4, 0.5) is 0 Å². The lowest BCUT2D eigenvalue weighted by Crippen LogP contribution is -2.47. The second-order valence-electron chi connectivity index (χ2n) is 11.4. The summed E-state index contributed by atoms with van der Waals surface area (Å²) in [5.41, 5.74) is 4.03. The maximum absolute atomic E-state index is 14.2. The summed E-state index contributed by atoms with van der Waals surface area (Å²) in [5, 5.41) is 7.85. The number of nitrogens with one attached hydrogen (secondary N) is 2. The van der Waals surface area contributed by atoms with Crippen molar-refractivity contribution in [2.75, 3.05) is 20.2 Å². The molecule has 2 aliphatic rings. The summed E-state index contributed by atoms with van der Waals surface area (Å²) >= 11 is 0. The monoisotopic (exact) mass is 548 g/mol. The SMILES string of the molecule is CCC(NC(=O)c1c(OCCNC2CC3CCC(C2)N3C)c(-c2ccccc2)nc2ccccc12)c1ccccc1. The molecule has 0 spiro atoms. The summed E-state index contributed by atoms with van der Waals surface area (Å²) in [6, 6.07) is 29.8. The van der Waals surface area contributed by atoms with E-state index >= 15 is 0 Å². The summed E-state index contributed by atoms with van der Waals surface area (Å²) in [7, 11) is 2.27. The number of carbonyl (C=O) groups is 1. The van der Waals surface area contributed by atoms with Gasteiger partial charge in [-0.1, -0.05) is 85.8 Å². The van der Waals surface area contributed by atoms with Gasteiger partial charge in [-0.15, -0.1) is 0 Å². The highest BCUT2D eigenvalue weighted by molar-refractivity contribution is 6.10. The zero-order valence-electron chi connectivity index (χ0n) is 24.1. The number of piperidine rings is 1. The quantitative estimate of drug-likeness (QED) is 0.225. The lowest BCUT2D eigenvalue weighted by molar-refractivity contribution is 0.0933. The van der Waals surface area contributed by atoms with Gasteiger partial charge in [0.25, 0.3) is 5.91 Å². The molecule has 0 radical (unpaired) electrons. The number of pyridine rings is 1. The Balaban J connectivity index is 1.30. The molecule has 3 heterocycles. The van der Waals surface area contributed by atoms with Crippen LogP contribution in [-0.4, -0.2) is 54.1 Å². The van der Waals surface area contributed by atoms with Crippen molar-refractivity contribution in [1.82, 2.24) is 20.5 Å². The highest BCUT2D eigenvalue weighted by atomic mass is 16.5. The molecule has 6 nitrogen and oxygen atoms in total. The molecule has 1 amide bonds. The van der Waals surface area contributed by atoms with Gasteiger partial charge in [0.15, 0.2) is 5.75 Å². The molecular weight excluding hydrogens is 508 g/mol. The molecule has 3 atom stereocenters. The highest BCUT2D eigenvalue weighted by Crippen LogP contribution is 2.37. The van der Waals surface area contributed by atoms with Gasteiger partial charge in [0.2, 0.25) is 0 Å². The first kappa shape index (κ1) is 27.4. The second kappa shape index (κ2) is 12.4. The summed E-state index contributed by atoms with van der Waals surface area (Å²) in [4.78, 5) is 21.7. The molecular formula is C35H40N4O2. The molecule has 2 aliphatic heterocycles. The standard InChI is InChI=1S/C35H40N4O2/c1-3-30(24-12-6-4-7-13-24)38-35(40)32-29-16-10-11-17-31(29)37-33(25-14-8-5-9-15-25)34(32)41-21-20-36-26-22-27-18-19-28(23-26)39(27)2/h4-17,26-28,30,36H,3,18-23H2,1-2H3,(H,38,40). The molecule has 212 valence electrons. The van der Waals surface area contributed by atoms with Crippen molar-refractivity contribution in [1.29, 1.82) is 0 Å². The van der Waals surface area contributed by atoms with Crippen molar-refractivity contribution in [2.24, 2.45) is 0 Å². The first-order valence-corrected chi connectivity index (χ1v) is 15.0. The van der Waals surface area contributed by atoms with Gasteiger partial charge in [-0.25, -0.2) is 4.98 Å². The smallest absolute Gasteiger partial charge is 0.256 e. The van der Waals surface area contributed by atoms with Gasteiger partial charge in [0.1, 0.15) is 12.3 Å². The van der Waals surface area contributed by atoms with Crippen LogP contribution in [0.5, 0.6) is 5.75 Å². The minimum Gasteiger partial charge on any atom is -0.489 e. The maximum atomic E-state index is 14.2. The van der Waals surface area contributed by atoms with Crippen molar-refractivity contribution < 1.29 is 9.53 Å². The normalized spacial score (nSPS) is 21.1. The third-order valence-corrected chi connectivity index (χ3v) is 8.92. The first-order chi connectivity index (χ1) is 20.1. The third kappa shape index (κ3) is 5.85. The maximum Gasteiger partial charge on any atom is 0.256 e. The summed E-state index contributed by atoms with van der Waals surface area (Å²) in [5.74, 6) is 0.395. The fourth-order valence-electron chi connectivity index (χ4n) is 6.68. The molecule has 4 aromatic rings. The Hall–Kier alpha value is -3.74. The summed E-state index contributed by atoms with van der Waals surface area (Å²) < 4.78 is 6.56. The van der Waals surface area contributed by atoms with E-state index in [9.17, 15) is 4.79 Å². The van der Waals surface area contributed by atoms with Crippen molar-refractivity contribution >= 4 is 16.8 Å². The molecule has 3 unspecified atom stereocenters. The van der Waals surface area contributed by atoms with E-state index in [1.165, 1.54) is 25.7 Å². The number of benzene rings is 3. The van der Waals surface area contributed by atoms with E-state index in [0.717, 1.165) is 35.0 Å². The van der Waals surface area contributed by atoms with Gasteiger partial charge in [0.05, 0.1) is 17.1 Å². The largest absolute Gasteiger partial charge is 0.489 e. The number of hydrogen-bond acceptors (Lipinski definition) is 5. The van der Waals surface area contributed by atoms with Crippen molar-refractivity contribution in [3.8, 4) is 17.0 Å². The number of nitrogens with zero attached hydrogens (tertiary/aromatic N) is 2. The number of para-hydroxylation sites is 1. The van der Waals surface area contributed by atoms with Gasteiger partial charge in [-0.3, -0.25) is 4.79 Å². The van der Waals surface area contributed by atoms with Crippen LogP contribution in [0.1, 0.15) is 61.0 Å². The Kier molecular flexibility index (Phi) is 8.31. The van der Waals surface area contributed by atoms with Crippen LogP contribution in [0.25, 0.3) is 22.2 Å². The lowest BCUT2D eigenvalue weighted by atomic mass is 9.98. The Bertz CT molecular complexity index is 1460. The van der Waals surface area contributed by atoms with Crippen LogP contribution in [0.2, 0.25) is 0 Å². The number of hydrogen-bond donors (Lipinski definition) is 2. The average molecular weight is 549 g/mol. The number of ether oxygens (including phenoxy) is 1. The van der Waals surface area contributed by atoms with Crippen LogP contribution in [0.15, 0.2) is 84.9 Å². The molecule has 2 fully saturated rings. The van der Waals surface area contributed by atoms with Crippen molar-refractivity contribution in [2.45, 2.75) is 63.2 Å². The first-order valence-electron chi connectivity index (χ1n) is 15.0. The average Bonchev–Trinajstić information content (AvgIpc) is 3.21. The molecule has 1 aromatic heterocycles. The minimum absolute atomic E-state index is 0.106. The van der Waals surface area contributed by atoms with Gasteiger partial charge < -0.3 is 20.3 Å². The Morgan fingerprint density at radius 2 is 1.61 bits per heavy atom. The van der Waals surface area contributed by atoms with E-state index in [0.29, 0.717) is 41.7 Å². The van der Waals surface area contributed by atoms with Crippen LogP contribution < -0.4 is 15.4 Å². The Labute approximate surface area is 243 Å². The number of carbonyl (C=O) groups excluding carboxylic acids is 1. The molecule has 0 aliphatic carbocycles. The van der Waals surface area contributed by atoms with Gasteiger partial charge in [-0.2, -0.15) is 0 Å². The Morgan fingerprint density at radius 3 is 2.32 bits per heavy atom. The predicted octanol–water partition coefficient (Wildman–Crippen LogP) is 6.38. The molecule has 0 saturated carbocycles. The number of aromatic nitrogens is 1. The van der Waals surface area contributed by atoms with E-state index in [4.69, 9.17) is 9.72 Å². The van der Waals surface area contributed by atoms with Gasteiger partial charge >= 0.3 is 0 Å². The predicted molar refractivity (Wildman–Crippen MR) is 165 cm³/mol. The molecule has 41 heavy (non-hydrogen) atoms. The van der Waals surface area contributed by atoms with E-state index < -0.39 is 0 Å².